The first-order valence-corrected chi connectivity index (χ1v) is 9.64. The summed E-state index contributed by atoms with van der Waals surface area (Å²) in [6.45, 7) is 12.9. The molecule has 2 saturated carbocycles. The van der Waals surface area contributed by atoms with Crippen molar-refractivity contribution in [1.29, 1.82) is 0 Å². The van der Waals surface area contributed by atoms with E-state index in [4.69, 9.17) is 0 Å². The largest absolute Gasteiger partial charge is 0.349 e. The Morgan fingerprint density at radius 3 is 2.57 bits per heavy atom. The van der Waals surface area contributed by atoms with Crippen LogP contribution in [0.3, 0.4) is 0 Å². The molecule has 4 nitrogen and oxygen atoms in total. The van der Waals surface area contributed by atoms with Crippen LogP contribution in [-0.2, 0) is 4.79 Å². The molecule has 2 N–H and O–H groups in total. The Kier molecular flexibility index (Phi) is 4.76. The van der Waals surface area contributed by atoms with Gasteiger partial charge in [0, 0.05) is 18.1 Å². The van der Waals surface area contributed by atoms with E-state index >= 15 is 0 Å². The molecular formula is C19H35N3O. The van der Waals surface area contributed by atoms with E-state index in [-0.39, 0.29) is 16.9 Å². The number of likely N-dealkylation sites (tertiary alicyclic amines) is 1. The van der Waals surface area contributed by atoms with Crippen LogP contribution in [0.4, 0.5) is 0 Å². The molecule has 1 aliphatic heterocycles. The van der Waals surface area contributed by atoms with Crippen LogP contribution >= 0.6 is 0 Å². The van der Waals surface area contributed by atoms with E-state index in [1.54, 1.807) is 0 Å². The average molecular weight is 322 g/mol. The normalized spacial score (nSPS) is 39.0. The maximum Gasteiger partial charge on any atom is 0.234 e. The molecule has 0 aromatic rings. The number of hydrogen-bond donors (Lipinski definition) is 2. The quantitative estimate of drug-likeness (QED) is 0.789. The predicted octanol–water partition coefficient (Wildman–Crippen LogP) is 2.39. The molecule has 1 amide bonds. The standard InChI is InChI=1S/C19H35N3O/c1-5-22-10-6-7-16(22)12-20-13-17(23)21-19(4)15-9-8-14(11-15)18(19,2)3/h14-16,20H,5-13H2,1-4H3,(H,21,23)/t14-,15-,16+,19+/m0/s1. The van der Waals surface area contributed by atoms with Crippen molar-refractivity contribution in [3.05, 3.63) is 0 Å². The Balaban J connectivity index is 1.48. The molecule has 0 radical (unpaired) electrons. The van der Waals surface area contributed by atoms with Gasteiger partial charge in [-0.2, -0.15) is 0 Å². The fraction of sp³-hybridized carbons (Fsp3) is 0.947. The van der Waals surface area contributed by atoms with Crippen LogP contribution in [0.1, 0.15) is 59.8 Å². The first kappa shape index (κ1) is 17.2. The molecule has 1 saturated heterocycles. The van der Waals surface area contributed by atoms with E-state index < -0.39 is 0 Å². The van der Waals surface area contributed by atoms with Crippen LogP contribution in [0.5, 0.6) is 0 Å². The van der Waals surface area contributed by atoms with Gasteiger partial charge >= 0.3 is 0 Å². The minimum Gasteiger partial charge on any atom is -0.349 e. The third-order valence-corrected chi connectivity index (χ3v) is 7.58. The van der Waals surface area contributed by atoms with E-state index in [1.807, 2.05) is 0 Å². The lowest BCUT2D eigenvalue weighted by Crippen LogP contribution is -2.60. The van der Waals surface area contributed by atoms with E-state index in [0.717, 1.165) is 19.0 Å². The lowest BCUT2D eigenvalue weighted by molar-refractivity contribution is -0.124. The van der Waals surface area contributed by atoms with Crippen molar-refractivity contribution in [3.63, 3.8) is 0 Å². The van der Waals surface area contributed by atoms with E-state index in [9.17, 15) is 4.79 Å². The summed E-state index contributed by atoms with van der Waals surface area (Å²) in [7, 11) is 0. The lowest BCUT2D eigenvalue weighted by atomic mass is 9.64. The minimum absolute atomic E-state index is 0.0303. The summed E-state index contributed by atoms with van der Waals surface area (Å²) in [4.78, 5) is 15.0. The van der Waals surface area contributed by atoms with Crippen molar-refractivity contribution < 1.29 is 4.79 Å². The minimum atomic E-state index is -0.0303. The molecule has 23 heavy (non-hydrogen) atoms. The highest BCUT2D eigenvalue weighted by molar-refractivity contribution is 5.79. The molecule has 0 aromatic carbocycles. The Labute approximate surface area is 141 Å². The Morgan fingerprint density at radius 2 is 1.91 bits per heavy atom. The number of nitrogens with zero attached hydrogens (tertiary/aromatic N) is 1. The summed E-state index contributed by atoms with van der Waals surface area (Å²) in [5.41, 5.74) is 0.188. The van der Waals surface area contributed by atoms with Gasteiger partial charge in [0.25, 0.3) is 0 Å². The summed E-state index contributed by atoms with van der Waals surface area (Å²) in [5, 5.41) is 6.81. The van der Waals surface area contributed by atoms with Crippen molar-refractivity contribution in [3.8, 4) is 0 Å². The number of nitrogens with one attached hydrogen (secondary N) is 2. The molecule has 2 bridgehead atoms. The molecule has 2 aliphatic carbocycles. The Hall–Kier alpha value is -0.610. The maximum absolute atomic E-state index is 12.5. The molecule has 132 valence electrons. The number of amides is 1. The monoisotopic (exact) mass is 321 g/mol. The fourth-order valence-corrected chi connectivity index (χ4v) is 5.60. The summed E-state index contributed by atoms with van der Waals surface area (Å²) in [6, 6.07) is 0.613. The van der Waals surface area contributed by atoms with Crippen molar-refractivity contribution in [2.24, 2.45) is 17.3 Å². The Morgan fingerprint density at radius 1 is 1.17 bits per heavy atom. The summed E-state index contributed by atoms with van der Waals surface area (Å²) in [5.74, 6) is 1.62. The zero-order chi connectivity index (χ0) is 16.7. The first-order chi connectivity index (χ1) is 10.9. The van der Waals surface area contributed by atoms with Crippen molar-refractivity contribution >= 4 is 5.91 Å². The first-order valence-electron chi connectivity index (χ1n) is 9.64. The molecule has 4 atom stereocenters. The van der Waals surface area contributed by atoms with E-state index in [1.165, 1.54) is 38.6 Å². The van der Waals surface area contributed by atoms with Crippen LogP contribution in [0, 0.1) is 17.3 Å². The molecule has 0 unspecified atom stereocenters. The van der Waals surface area contributed by atoms with Gasteiger partial charge in [-0.3, -0.25) is 9.69 Å². The number of hydrogen-bond acceptors (Lipinski definition) is 3. The van der Waals surface area contributed by atoms with Gasteiger partial charge in [-0.25, -0.2) is 0 Å². The van der Waals surface area contributed by atoms with E-state index in [2.05, 4.69) is 43.2 Å². The van der Waals surface area contributed by atoms with Crippen LogP contribution in [0.25, 0.3) is 0 Å². The fourth-order valence-electron chi connectivity index (χ4n) is 5.60. The number of carbonyl (C=O) groups is 1. The van der Waals surface area contributed by atoms with Gasteiger partial charge in [0.1, 0.15) is 0 Å². The van der Waals surface area contributed by atoms with Gasteiger partial charge in [0.15, 0.2) is 0 Å². The lowest BCUT2D eigenvalue weighted by Gasteiger charge is -2.48. The summed E-state index contributed by atoms with van der Waals surface area (Å²) < 4.78 is 0. The smallest absolute Gasteiger partial charge is 0.234 e. The van der Waals surface area contributed by atoms with Crippen LogP contribution in [0.15, 0.2) is 0 Å². The number of fused-ring (bicyclic) bond motifs is 2. The van der Waals surface area contributed by atoms with Gasteiger partial charge in [-0.05, 0) is 69.4 Å². The second-order valence-corrected chi connectivity index (χ2v) is 8.73. The molecule has 3 rings (SSSR count). The average Bonchev–Trinajstić information content (AvgIpc) is 3.18. The van der Waals surface area contributed by atoms with Gasteiger partial charge in [-0.15, -0.1) is 0 Å². The molecular weight excluding hydrogens is 286 g/mol. The van der Waals surface area contributed by atoms with Gasteiger partial charge in [-0.1, -0.05) is 20.8 Å². The van der Waals surface area contributed by atoms with Gasteiger partial charge in [0.05, 0.1) is 6.54 Å². The molecule has 0 spiro atoms. The number of rotatable bonds is 6. The third kappa shape index (κ3) is 2.93. The number of carbonyl (C=O) groups excluding carboxylic acids is 1. The highest BCUT2D eigenvalue weighted by Gasteiger charge is 2.60. The number of likely N-dealkylation sites (N-methyl/N-ethyl adjacent to an activating group) is 1. The predicted molar refractivity (Wildman–Crippen MR) is 94.3 cm³/mol. The van der Waals surface area contributed by atoms with Crippen LogP contribution in [-0.4, -0.2) is 48.6 Å². The maximum atomic E-state index is 12.5. The van der Waals surface area contributed by atoms with Crippen molar-refractivity contribution in [2.45, 2.75) is 71.4 Å². The highest BCUT2D eigenvalue weighted by Crippen LogP contribution is 2.61. The molecule has 0 aromatic heterocycles. The highest BCUT2D eigenvalue weighted by atomic mass is 16.2. The van der Waals surface area contributed by atoms with E-state index in [0.29, 0.717) is 18.5 Å². The van der Waals surface area contributed by atoms with Gasteiger partial charge < -0.3 is 10.6 Å². The molecule has 4 heteroatoms. The Bertz CT molecular complexity index is 450. The molecule has 3 fully saturated rings. The molecule has 1 heterocycles. The second-order valence-electron chi connectivity index (χ2n) is 8.73. The zero-order valence-corrected chi connectivity index (χ0v) is 15.5. The van der Waals surface area contributed by atoms with Crippen LogP contribution in [0.2, 0.25) is 0 Å². The van der Waals surface area contributed by atoms with Gasteiger partial charge in [0.2, 0.25) is 5.91 Å². The SMILES string of the molecule is CCN1CCC[C@@H]1CNCC(=O)N[C@]1(C)[C@H]2CC[C@@H](C2)C1(C)C. The van der Waals surface area contributed by atoms with Crippen LogP contribution < -0.4 is 10.6 Å². The third-order valence-electron chi connectivity index (χ3n) is 7.58. The topological polar surface area (TPSA) is 44.4 Å². The summed E-state index contributed by atoms with van der Waals surface area (Å²) in [6.07, 6.45) is 6.48. The second kappa shape index (κ2) is 6.36. The molecule has 3 aliphatic rings. The van der Waals surface area contributed by atoms with Crippen molar-refractivity contribution in [1.82, 2.24) is 15.5 Å². The zero-order valence-electron chi connectivity index (χ0n) is 15.5. The van der Waals surface area contributed by atoms with Crippen molar-refractivity contribution in [2.75, 3.05) is 26.2 Å². The summed E-state index contributed by atoms with van der Waals surface area (Å²) >= 11 is 0.